The van der Waals surface area contributed by atoms with E-state index in [1.54, 1.807) is 6.92 Å². The molecule has 116 valence electrons. The lowest BCUT2D eigenvalue weighted by Gasteiger charge is -2.14. The van der Waals surface area contributed by atoms with Crippen molar-refractivity contribution in [1.82, 2.24) is 0 Å². The third-order valence-electron chi connectivity index (χ3n) is 3.05. The van der Waals surface area contributed by atoms with Gasteiger partial charge in [0.1, 0.15) is 0 Å². The van der Waals surface area contributed by atoms with E-state index in [0.29, 0.717) is 10.6 Å². The highest BCUT2D eigenvalue weighted by Crippen LogP contribution is 2.34. The van der Waals surface area contributed by atoms with Crippen molar-refractivity contribution in [3.8, 4) is 0 Å². The second-order valence-electron chi connectivity index (χ2n) is 4.53. The van der Waals surface area contributed by atoms with Crippen LogP contribution in [-0.4, -0.2) is 5.91 Å². The first kappa shape index (κ1) is 16.6. The van der Waals surface area contributed by atoms with Gasteiger partial charge in [0.25, 0.3) is 5.91 Å². The summed E-state index contributed by atoms with van der Waals surface area (Å²) in [5.74, 6) is -0.892. The fraction of sp³-hybridized carbons (Fsp3) is 0.133. The van der Waals surface area contributed by atoms with E-state index in [1.807, 2.05) is 0 Å². The molecular formula is C15H10Cl2F3NO. The van der Waals surface area contributed by atoms with Gasteiger partial charge < -0.3 is 5.32 Å². The van der Waals surface area contributed by atoms with Crippen LogP contribution < -0.4 is 5.32 Å². The van der Waals surface area contributed by atoms with Gasteiger partial charge in [0.2, 0.25) is 0 Å². The molecule has 22 heavy (non-hydrogen) atoms. The highest BCUT2D eigenvalue weighted by Gasteiger charge is 2.34. The maximum atomic E-state index is 12.9. The zero-order valence-electron chi connectivity index (χ0n) is 11.3. The molecule has 0 aliphatic carbocycles. The number of halogens is 5. The lowest BCUT2D eigenvalue weighted by atomic mass is 10.1. The molecule has 0 radical (unpaired) electrons. The Kier molecular flexibility index (Phi) is 4.68. The summed E-state index contributed by atoms with van der Waals surface area (Å²) < 4.78 is 38.8. The first-order valence-corrected chi connectivity index (χ1v) is 6.89. The number of hydrogen-bond donors (Lipinski definition) is 1. The molecule has 0 saturated heterocycles. The van der Waals surface area contributed by atoms with Gasteiger partial charge in [0, 0.05) is 5.02 Å². The van der Waals surface area contributed by atoms with E-state index < -0.39 is 23.2 Å². The number of rotatable bonds is 2. The summed E-state index contributed by atoms with van der Waals surface area (Å²) in [6.45, 7) is 1.64. The van der Waals surface area contributed by atoms with Crippen molar-refractivity contribution in [1.29, 1.82) is 0 Å². The van der Waals surface area contributed by atoms with Crippen molar-refractivity contribution >= 4 is 34.8 Å². The van der Waals surface area contributed by atoms with E-state index in [9.17, 15) is 18.0 Å². The van der Waals surface area contributed by atoms with Gasteiger partial charge in [-0.15, -0.1) is 0 Å². The molecule has 0 aliphatic rings. The number of amides is 1. The number of benzene rings is 2. The number of hydrogen-bond acceptors (Lipinski definition) is 1. The summed E-state index contributed by atoms with van der Waals surface area (Å²) in [4.78, 5) is 12.1. The number of nitrogens with one attached hydrogen (secondary N) is 1. The monoisotopic (exact) mass is 347 g/mol. The van der Waals surface area contributed by atoms with Crippen molar-refractivity contribution in [3.63, 3.8) is 0 Å². The molecule has 2 nitrogen and oxygen atoms in total. The standard InChI is InChI=1S/C15H10Cl2F3NO/c1-8-11(16)6-7-12(13(8)17)21-14(22)9-4-2-3-5-10(9)15(18,19)20/h2-7H,1H3,(H,21,22). The van der Waals surface area contributed by atoms with Crippen LogP contribution in [-0.2, 0) is 6.18 Å². The Labute approximate surface area is 134 Å². The molecule has 2 aromatic rings. The smallest absolute Gasteiger partial charge is 0.321 e. The Balaban J connectivity index is 2.37. The predicted octanol–water partition coefficient (Wildman–Crippen LogP) is 5.57. The van der Waals surface area contributed by atoms with Gasteiger partial charge >= 0.3 is 6.18 Å². The maximum absolute atomic E-state index is 12.9. The summed E-state index contributed by atoms with van der Waals surface area (Å²) in [5.41, 5.74) is -0.747. The summed E-state index contributed by atoms with van der Waals surface area (Å²) in [7, 11) is 0. The Morgan fingerprint density at radius 3 is 2.36 bits per heavy atom. The van der Waals surface area contributed by atoms with Gasteiger partial charge in [-0.25, -0.2) is 0 Å². The first-order valence-electron chi connectivity index (χ1n) is 6.14. The third kappa shape index (κ3) is 3.36. The Hall–Kier alpha value is -1.72. The Morgan fingerprint density at radius 2 is 1.73 bits per heavy atom. The van der Waals surface area contributed by atoms with E-state index in [4.69, 9.17) is 23.2 Å². The van der Waals surface area contributed by atoms with Crippen molar-refractivity contribution in [2.45, 2.75) is 13.1 Å². The summed E-state index contributed by atoms with van der Waals surface area (Å²) in [5, 5.41) is 2.96. The fourth-order valence-electron chi connectivity index (χ4n) is 1.88. The van der Waals surface area contributed by atoms with Crippen LogP contribution in [0.3, 0.4) is 0 Å². The predicted molar refractivity (Wildman–Crippen MR) is 80.6 cm³/mol. The van der Waals surface area contributed by atoms with Crippen LogP contribution in [0.5, 0.6) is 0 Å². The van der Waals surface area contributed by atoms with E-state index in [2.05, 4.69) is 5.32 Å². The average molecular weight is 348 g/mol. The number of carbonyl (C=O) groups is 1. The second kappa shape index (κ2) is 6.18. The van der Waals surface area contributed by atoms with Crippen LogP contribution in [0.15, 0.2) is 36.4 Å². The molecule has 2 rings (SSSR count). The van der Waals surface area contributed by atoms with Crippen molar-refractivity contribution in [2.24, 2.45) is 0 Å². The molecule has 0 heterocycles. The van der Waals surface area contributed by atoms with Gasteiger partial charge in [-0.3, -0.25) is 4.79 Å². The number of anilines is 1. The van der Waals surface area contributed by atoms with Crippen LogP contribution in [0.1, 0.15) is 21.5 Å². The average Bonchev–Trinajstić information content (AvgIpc) is 2.47. The molecular weight excluding hydrogens is 338 g/mol. The molecule has 0 saturated carbocycles. The van der Waals surface area contributed by atoms with Crippen LogP contribution in [0.25, 0.3) is 0 Å². The SMILES string of the molecule is Cc1c(Cl)ccc(NC(=O)c2ccccc2C(F)(F)F)c1Cl. The van der Waals surface area contributed by atoms with Crippen molar-refractivity contribution < 1.29 is 18.0 Å². The van der Waals surface area contributed by atoms with E-state index >= 15 is 0 Å². The van der Waals surface area contributed by atoms with Gasteiger partial charge in [-0.2, -0.15) is 13.2 Å². The minimum Gasteiger partial charge on any atom is -0.321 e. The van der Waals surface area contributed by atoms with Gasteiger partial charge in [0.15, 0.2) is 0 Å². The molecule has 0 aliphatic heterocycles. The van der Waals surface area contributed by atoms with E-state index in [-0.39, 0.29) is 10.7 Å². The molecule has 0 bridgehead atoms. The van der Waals surface area contributed by atoms with Crippen LogP contribution >= 0.6 is 23.2 Å². The first-order chi connectivity index (χ1) is 10.2. The lowest BCUT2D eigenvalue weighted by molar-refractivity contribution is -0.137. The second-order valence-corrected chi connectivity index (χ2v) is 5.32. The van der Waals surface area contributed by atoms with Gasteiger partial charge in [0.05, 0.1) is 21.8 Å². The quantitative estimate of drug-likeness (QED) is 0.755. The molecule has 0 atom stereocenters. The highest BCUT2D eigenvalue weighted by molar-refractivity contribution is 6.38. The largest absolute Gasteiger partial charge is 0.417 e. The molecule has 2 aromatic carbocycles. The van der Waals surface area contributed by atoms with Crippen molar-refractivity contribution in [3.05, 3.63) is 63.1 Å². The minimum atomic E-state index is -4.62. The van der Waals surface area contributed by atoms with Gasteiger partial charge in [-0.1, -0.05) is 35.3 Å². The lowest BCUT2D eigenvalue weighted by Crippen LogP contribution is -2.18. The molecule has 0 fully saturated rings. The van der Waals surface area contributed by atoms with Crippen molar-refractivity contribution in [2.75, 3.05) is 5.32 Å². The van der Waals surface area contributed by atoms with E-state index in [0.717, 1.165) is 12.1 Å². The zero-order valence-corrected chi connectivity index (χ0v) is 12.8. The van der Waals surface area contributed by atoms with Crippen LogP contribution in [0.2, 0.25) is 10.0 Å². The summed E-state index contributed by atoms with van der Waals surface area (Å²) in [6, 6.07) is 7.48. The third-order valence-corrected chi connectivity index (χ3v) is 3.94. The summed E-state index contributed by atoms with van der Waals surface area (Å²) >= 11 is 11.9. The van der Waals surface area contributed by atoms with Gasteiger partial charge in [-0.05, 0) is 36.8 Å². The topological polar surface area (TPSA) is 29.1 Å². The molecule has 1 N–H and O–H groups in total. The number of alkyl halides is 3. The highest BCUT2D eigenvalue weighted by atomic mass is 35.5. The van der Waals surface area contributed by atoms with Crippen LogP contribution in [0, 0.1) is 6.92 Å². The number of carbonyl (C=O) groups excluding carboxylic acids is 1. The molecule has 0 spiro atoms. The normalized spacial score (nSPS) is 11.4. The van der Waals surface area contributed by atoms with Crippen LogP contribution in [0.4, 0.5) is 18.9 Å². The summed E-state index contributed by atoms with van der Waals surface area (Å²) in [6.07, 6.45) is -4.62. The minimum absolute atomic E-state index is 0.185. The fourth-order valence-corrected chi connectivity index (χ4v) is 2.29. The maximum Gasteiger partial charge on any atom is 0.417 e. The Morgan fingerprint density at radius 1 is 1.09 bits per heavy atom. The molecule has 0 aromatic heterocycles. The molecule has 1 amide bonds. The molecule has 0 unspecified atom stereocenters. The molecule has 7 heteroatoms. The zero-order chi connectivity index (χ0) is 16.5. The Bertz CT molecular complexity index is 729. The van der Waals surface area contributed by atoms with E-state index in [1.165, 1.54) is 24.3 Å².